The lowest BCUT2D eigenvalue weighted by Crippen LogP contribution is -1.91. The highest BCUT2D eigenvalue weighted by atomic mass is 16.5. The van der Waals surface area contributed by atoms with Gasteiger partial charge in [-0.3, -0.25) is 0 Å². The van der Waals surface area contributed by atoms with Crippen molar-refractivity contribution in [2.75, 3.05) is 14.2 Å². The van der Waals surface area contributed by atoms with Gasteiger partial charge in [0.1, 0.15) is 11.5 Å². The molecular formula is C19H26O2. The van der Waals surface area contributed by atoms with Crippen LogP contribution in [0.3, 0.4) is 0 Å². The second-order valence-corrected chi connectivity index (χ2v) is 4.83. The second kappa shape index (κ2) is 9.06. The van der Waals surface area contributed by atoms with Crippen LogP contribution >= 0.6 is 0 Å². The summed E-state index contributed by atoms with van der Waals surface area (Å²) in [5, 5.41) is 0. The van der Waals surface area contributed by atoms with E-state index in [0.717, 1.165) is 29.0 Å². The minimum atomic E-state index is 0.856. The van der Waals surface area contributed by atoms with Gasteiger partial charge in [-0.25, -0.2) is 0 Å². The van der Waals surface area contributed by atoms with Gasteiger partial charge in [0.05, 0.1) is 14.2 Å². The topological polar surface area (TPSA) is 18.5 Å². The van der Waals surface area contributed by atoms with E-state index in [4.69, 9.17) is 9.47 Å². The zero-order valence-electron chi connectivity index (χ0n) is 13.8. The molecule has 114 valence electrons. The van der Waals surface area contributed by atoms with E-state index in [-0.39, 0.29) is 0 Å². The van der Waals surface area contributed by atoms with E-state index in [1.54, 1.807) is 14.2 Å². The number of aryl methyl sites for hydroxylation is 1. The van der Waals surface area contributed by atoms with E-state index >= 15 is 0 Å². The van der Waals surface area contributed by atoms with Gasteiger partial charge in [0.15, 0.2) is 0 Å². The summed E-state index contributed by atoms with van der Waals surface area (Å²) in [4.78, 5) is 0. The van der Waals surface area contributed by atoms with Crippen molar-refractivity contribution < 1.29 is 9.47 Å². The predicted octanol–water partition coefficient (Wildman–Crippen LogP) is 5.35. The second-order valence-electron chi connectivity index (χ2n) is 4.83. The minimum absolute atomic E-state index is 0.856. The maximum absolute atomic E-state index is 5.47. The standard InChI is InChI=1S/C16H18O2.C3H8/c1-4-12-8-9-15(16(10-12)18-3)13-6-5-7-14(11-13)17-2;1-3-2/h5-11H,4H2,1-3H3;3H2,1-2H3. The highest BCUT2D eigenvalue weighted by molar-refractivity contribution is 5.72. The summed E-state index contributed by atoms with van der Waals surface area (Å²) < 4.78 is 10.7. The summed E-state index contributed by atoms with van der Waals surface area (Å²) in [6.45, 7) is 6.39. The minimum Gasteiger partial charge on any atom is -0.497 e. The Bertz CT molecular complexity index is 547. The van der Waals surface area contributed by atoms with Crippen molar-refractivity contribution in [1.82, 2.24) is 0 Å². The van der Waals surface area contributed by atoms with E-state index in [0.29, 0.717) is 0 Å². The molecule has 0 heterocycles. The Kier molecular flexibility index (Phi) is 7.38. The highest BCUT2D eigenvalue weighted by Crippen LogP contribution is 2.32. The maximum atomic E-state index is 5.47. The third-order valence-electron chi connectivity index (χ3n) is 3.05. The normalized spacial score (nSPS) is 9.57. The number of ether oxygens (including phenoxy) is 2. The fourth-order valence-corrected chi connectivity index (χ4v) is 1.98. The van der Waals surface area contributed by atoms with Gasteiger partial charge in [0.2, 0.25) is 0 Å². The van der Waals surface area contributed by atoms with Crippen LogP contribution in [0, 0.1) is 0 Å². The van der Waals surface area contributed by atoms with Gasteiger partial charge in [0.25, 0.3) is 0 Å². The molecule has 0 saturated heterocycles. The first kappa shape index (κ1) is 17.1. The Morgan fingerprint density at radius 1 is 0.857 bits per heavy atom. The fraction of sp³-hybridized carbons (Fsp3) is 0.368. The molecule has 0 aliphatic heterocycles. The summed E-state index contributed by atoms with van der Waals surface area (Å²) in [7, 11) is 3.38. The van der Waals surface area contributed by atoms with E-state index in [9.17, 15) is 0 Å². The van der Waals surface area contributed by atoms with Crippen molar-refractivity contribution in [3.63, 3.8) is 0 Å². The van der Waals surface area contributed by atoms with Gasteiger partial charge in [-0.2, -0.15) is 0 Å². The molecule has 0 N–H and O–H groups in total. The van der Waals surface area contributed by atoms with Crippen molar-refractivity contribution in [3.05, 3.63) is 48.0 Å². The number of hydrogen-bond acceptors (Lipinski definition) is 2. The number of rotatable bonds is 4. The van der Waals surface area contributed by atoms with Gasteiger partial charge < -0.3 is 9.47 Å². The number of hydrogen-bond donors (Lipinski definition) is 0. The highest BCUT2D eigenvalue weighted by Gasteiger charge is 2.07. The summed E-state index contributed by atoms with van der Waals surface area (Å²) in [6.07, 6.45) is 2.26. The van der Waals surface area contributed by atoms with Crippen molar-refractivity contribution in [2.24, 2.45) is 0 Å². The van der Waals surface area contributed by atoms with E-state index in [1.807, 2.05) is 18.2 Å². The van der Waals surface area contributed by atoms with Crippen LogP contribution in [-0.2, 0) is 6.42 Å². The predicted molar refractivity (Wildman–Crippen MR) is 90.3 cm³/mol. The lowest BCUT2D eigenvalue weighted by atomic mass is 10.0. The van der Waals surface area contributed by atoms with Crippen LogP contribution in [0.15, 0.2) is 42.5 Å². The fourth-order valence-electron chi connectivity index (χ4n) is 1.98. The lowest BCUT2D eigenvalue weighted by Gasteiger charge is -2.11. The molecule has 0 atom stereocenters. The smallest absolute Gasteiger partial charge is 0.126 e. The molecule has 2 nitrogen and oxygen atoms in total. The Balaban J connectivity index is 0.000000677. The molecule has 0 aliphatic rings. The average molecular weight is 286 g/mol. The molecule has 2 rings (SSSR count). The number of methoxy groups -OCH3 is 2. The van der Waals surface area contributed by atoms with Gasteiger partial charge >= 0.3 is 0 Å². The van der Waals surface area contributed by atoms with Crippen LogP contribution in [0.2, 0.25) is 0 Å². The number of benzene rings is 2. The first-order valence-corrected chi connectivity index (χ1v) is 7.51. The molecule has 0 fully saturated rings. The molecular weight excluding hydrogens is 260 g/mol. The first-order valence-electron chi connectivity index (χ1n) is 7.51. The zero-order valence-corrected chi connectivity index (χ0v) is 13.8. The summed E-state index contributed by atoms with van der Waals surface area (Å²) in [5.41, 5.74) is 3.47. The van der Waals surface area contributed by atoms with E-state index in [1.165, 1.54) is 12.0 Å². The maximum Gasteiger partial charge on any atom is 0.126 e. The molecule has 2 aromatic rings. The van der Waals surface area contributed by atoms with Crippen LogP contribution in [0.25, 0.3) is 11.1 Å². The molecule has 0 radical (unpaired) electrons. The molecule has 0 amide bonds. The molecule has 2 aromatic carbocycles. The van der Waals surface area contributed by atoms with Crippen LogP contribution in [0.5, 0.6) is 11.5 Å². The molecule has 21 heavy (non-hydrogen) atoms. The van der Waals surface area contributed by atoms with E-state index in [2.05, 4.69) is 45.0 Å². The lowest BCUT2D eigenvalue weighted by molar-refractivity contribution is 0.413. The largest absolute Gasteiger partial charge is 0.497 e. The molecule has 0 unspecified atom stereocenters. The van der Waals surface area contributed by atoms with Crippen LogP contribution in [-0.4, -0.2) is 14.2 Å². The van der Waals surface area contributed by atoms with Crippen LogP contribution < -0.4 is 9.47 Å². The molecule has 0 spiro atoms. The first-order chi connectivity index (χ1) is 10.2. The van der Waals surface area contributed by atoms with Crippen molar-refractivity contribution in [2.45, 2.75) is 33.6 Å². The van der Waals surface area contributed by atoms with Crippen molar-refractivity contribution in [1.29, 1.82) is 0 Å². The van der Waals surface area contributed by atoms with Crippen LogP contribution in [0.4, 0.5) is 0 Å². The van der Waals surface area contributed by atoms with Crippen molar-refractivity contribution >= 4 is 0 Å². The summed E-state index contributed by atoms with van der Waals surface area (Å²) >= 11 is 0. The van der Waals surface area contributed by atoms with Gasteiger partial charge in [-0.15, -0.1) is 0 Å². The average Bonchev–Trinajstić information content (AvgIpc) is 2.55. The Morgan fingerprint density at radius 2 is 1.57 bits per heavy atom. The Hall–Kier alpha value is -1.96. The molecule has 2 heteroatoms. The third kappa shape index (κ3) is 4.82. The summed E-state index contributed by atoms with van der Waals surface area (Å²) in [5.74, 6) is 1.76. The monoisotopic (exact) mass is 286 g/mol. The van der Waals surface area contributed by atoms with Gasteiger partial charge in [-0.1, -0.05) is 51.5 Å². The molecule has 0 bridgehead atoms. The van der Waals surface area contributed by atoms with Crippen molar-refractivity contribution in [3.8, 4) is 22.6 Å². The Labute approximate surface area is 128 Å². The quantitative estimate of drug-likeness (QED) is 0.754. The van der Waals surface area contributed by atoms with E-state index < -0.39 is 0 Å². The molecule has 0 aliphatic carbocycles. The van der Waals surface area contributed by atoms with Gasteiger partial charge in [0, 0.05) is 5.56 Å². The van der Waals surface area contributed by atoms with Gasteiger partial charge in [-0.05, 0) is 35.7 Å². The summed E-state index contributed by atoms with van der Waals surface area (Å²) in [6, 6.07) is 14.3. The molecule has 0 saturated carbocycles. The SMILES string of the molecule is CCC.CCc1ccc(-c2cccc(OC)c2)c(OC)c1. The third-order valence-corrected chi connectivity index (χ3v) is 3.05. The Morgan fingerprint density at radius 3 is 2.14 bits per heavy atom. The van der Waals surface area contributed by atoms with Crippen LogP contribution in [0.1, 0.15) is 32.8 Å². The molecule has 0 aromatic heterocycles. The zero-order chi connectivity index (χ0) is 15.7.